The largest absolute Gasteiger partial charge is 0.480 e. The molecule has 2 unspecified atom stereocenters. The zero-order valence-electron chi connectivity index (χ0n) is 10.1. The number of aryl methyl sites for hydroxylation is 1. The van der Waals surface area contributed by atoms with Crippen molar-refractivity contribution in [2.45, 2.75) is 19.0 Å². The second kappa shape index (κ2) is 4.85. The van der Waals surface area contributed by atoms with E-state index in [-0.39, 0.29) is 6.04 Å². The van der Waals surface area contributed by atoms with Crippen molar-refractivity contribution in [3.05, 3.63) is 18.0 Å². The van der Waals surface area contributed by atoms with Crippen molar-refractivity contribution in [2.75, 3.05) is 19.6 Å². The van der Waals surface area contributed by atoms with Gasteiger partial charge < -0.3 is 10.4 Å². The summed E-state index contributed by atoms with van der Waals surface area (Å²) in [4.78, 5) is 13.2. The standard InChI is InChI=1S/C11H18N4O2/c1-8(9-3-4-13-14(9)2)15-6-5-12-7-10(15)11(16)17/h3-4,8,10,12H,5-7H2,1-2H3,(H,16,17). The van der Waals surface area contributed by atoms with Gasteiger partial charge in [0, 0.05) is 38.9 Å². The Labute approximate surface area is 100 Å². The maximum Gasteiger partial charge on any atom is 0.322 e. The van der Waals surface area contributed by atoms with Crippen LogP contribution in [0, 0.1) is 0 Å². The molecule has 1 aliphatic rings. The van der Waals surface area contributed by atoms with Gasteiger partial charge in [0.2, 0.25) is 0 Å². The molecule has 17 heavy (non-hydrogen) atoms. The van der Waals surface area contributed by atoms with Crippen molar-refractivity contribution < 1.29 is 9.90 Å². The number of carbonyl (C=O) groups is 1. The number of carboxylic acids is 1. The van der Waals surface area contributed by atoms with Gasteiger partial charge in [0.25, 0.3) is 0 Å². The van der Waals surface area contributed by atoms with Crippen LogP contribution in [0.3, 0.4) is 0 Å². The van der Waals surface area contributed by atoms with Gasteiger partial charge >= 0.3 is 5.97 Å². The van der Waals surface area contributed by atoms with Crippen molar-refractivity contribution in [3.8, 4) is 0 Å². The van der Waals surface area contributed by atoms with Gasteiger partial charge in [-0.05, 0) is 13.0 Å². The molecule has 2 atom stereocenters. The van der Waals surface area contributed by atoms with E-state index in [0.717, 1.165) is 18.8 Å². The van der Waals surface area contributed by atoms with Gasteiger partial charge in [-0.25, -0.2) is 0 Å². The molecule has 0 spiro atoms. The summed E-state index contributed by atoms with van der Waals surface area (Å²) < 4.78 is 1.80. The molecule has 6 heteroatoms. The molecule has 1 aromatic heterocycles. The summed E-state index contributed by atoms with van der Waals surface area (Å²) in [5.74, 6) is -0.772. The van der Waals surface area contributed by atoms with Crippen LogP contribution in [-0.4, -0.2) is 51.4 Å². The van der Waals surface area contributed by atoms with Gasteiger partial charge in [0.05, 0.1) is 5.69 Å². The topological polar surface area (TPSA) is 70.4 Å². The van der Waals surface area contributed by atoms with E-state index in [2.05, 4.69) is 10.4 Å². The highest BCUT2D eigenvalue weighted by atomic mass is 16.4. The number of aromatic nitrogens is 2. The van der Waals surface area contributed by atoms with Gasteiger partial charge in [0.1, 0.15) is 6.04 Å². The Morgan fingerprint density at radius 1 is 1.71 bits per heavy atom. The molecule has 2 N–H and O–H groups in total. The molecule has 0 amide bonds. The second-order valence-electron chi connectivity index (χ2n) is 4.35. The van der Waals surface area contributed by atoms with E-state index in [1.165, 1.54) is 0 Å². The Bertz CT molecular complexity index is 404. The minimum atomic E-state index is -0.772. The molecule has 6 nitrogen and oxygen atoms in total. The number of hydrogen-bond donors (Lipinski definition) is 2. The van der Waals surface area contributed by atoms with E-state index in [0.29, 0.717) is 6.54 Å². The molecule has 2 heterocycles. The predicted octanol–water partition coefficient (Wildman–Crippen LogP) is -0.160. The summed E-state index contributed by atoms with van der Waals surface area (Å²) in [5.41, 5.74) is 1.04. The highest BCUT2D eigenvalue weighted by molar-refractivity contribution is 5.74. The maximum absolute atomic E-state index is 11.2. The van der Waals surface area contributed by atoms with Crippen LogP contribution in [0.1, 0.15) is 18.7 Å². The van der Waals surface area contributed by atoms with E-state index in [4.69, 9.17) is 0 Å². The van der Waals surface area contributed by atoms with Gasteiger partial charge in [-0.3, -0.25) is 14.4 Å². The molecule has 0 bridgehead atoms. The van der Waals surface area contributed by atoms with Crippen LogP contribution in [0.25, 0.3) is 0 Å². The van der Waals surface area contributed by atoms with E-state index >= 15 is 0 Å². The Hall–Kier alpha value is -1.40. The third-order valence-electron chi connectivity index (χ3n) is 3.35. The SMILES string of the molecule is CC(c1ccnn1C)N1CCNCC1C(=O)O. The minimum absolute atomic E-state index is 0.0608. The van der Waals surface area contributed by atoms with Crippen molar-refractivity contribution in [1.82, 2.24) is 20.0 Å². The fourth-order valence-electron chi connectivity index (χ4n) is 2.38. The second-order valence-corrected chi connectivity index (χ2v) is 4.35. The van der Waals surface area contributed by atoms with Crippen molar-refractivity contribution >= 4 is 5.97 Å². The number of rotatable bonds is 3. The van der Waals surface area contributed by atoms with E-state index < -0.39 is 12.0 Å². The monoisotopic (exact) mass is 238 g/mol. The molecule has 1 aliphatic heterocycles. The molecule has 1 fully saturated rings. The van der Waals surface area contributed by atoms with Crippen LogP contribution in [0.2, 0.25) is 0 Å². The molecule has 0 radical (unpaired) electrons. The first-order valence-electron chi connectivity index (χ1n) is 5.78. The average Bonchev–Trinajstić information content (AvgIpc) is 2.74. The number of carboxylic acid groups (broad SMARTS) is 1. The maximum atomic E-state index is 11.2. The number of piperazine rings is 1. The zero-order valence-corrected chi connectivity index (χ0v) is 10.1. The molecule has 0 saturated carbocycles. The average molecular weight is 238 g/mol. The number of nitrogens with zero attached hydrogens (tertiary/aromatic N) is 3. The lowest BCUT2D eigenvalue weighted by atomic mass is 10.1. The lowest BCUT2D eigenvalue weighted by Crippen LogP contribution is -2.55. The summed E-state index contributed by atoms with van der Waals surface area (Å²) in [5, 5.41) is 16.5. The molecule has 2 rings (SSSR count). The number of hydrogen-bond acceptors (Lipinski definition) is 4. The Morgan fingerprint density at radius 2 is 2.47 bits per heavy atom. The molecular weight excluding hydrogens is 220 g/mol. The number of aliphatic carboxylic acids is 1. The van der Waals surface area contributed by atoms with Gasteiger partial charge in [-0.15, -0.1) is 0 Å². The third-order valence-corrected chi connectivity index (χ3v) is 3.35. The zero-order chi connectivity index (χ0) is 12.4. The summed E-state index contributed by atoms with van der Waals surface area (Å²) >= 11 is 0. The molecule has 0 aromatic carbocycles. The van der Waals surface area contributed by atoms with Crippen LogP contribution in [0.4, 0.5) is 0 Å². The summed E-state index contributed by atoms with van der Waals surface area (Å²) in [7, 11) is 1.88. The molecule has 94 valence electrons. The van der Waals surface area contributed by atoms with Gasteiger partial charge in [-0.2, -0.15) is 5.10 Å². The highest BCUT2D eigenvalue weighted by Gasteiger charge is 2.32. The first-order chi connectivity index (χ1) is 8.11. The lowest BCUT2D eigenvalue weighted by Gasteiger charge is -2.37. The summed E-state index contributed by atoms with van der Waals surface area (Å²) in [6.45, 7) is 4.09. The van der Waals surface area contributed by atoms with Crippen molar-refractivity contribution in [2.24, 2.45) is 7.05 Å². The third kappa shape index (κ3) is 2.32. The molecule has 0 aliphatic carbocycles. The van der Waals surface area contributed by atoms with Crippen LogP contribution in [-0.2, 0) is 11.8 Å². The van der Waals surface area contributed by atoms with Crippen molar-refractivity contribution in [3.63, 3.8) is 0 Å². The smallest absolute Gasteiger partial charge is 0.322 e. The first-order valence-corrected chi connectivity index (χ1v) is 5.78. The van der Waals surface area contributed by atoms with Crippen LogP contribution >= 0.6 is 0 Å². The number of nitrogens with one attached hydrogen (secondary N) is 1. The minimum Gasteiger partial charge on any atom is -0.480 e. The quantitative estimate of drug-likeness (QED) is 0.765. The fraction of sp³-hybridized carbons (Fsp3) is 0.636. The van der Waals surface area contributed by atoms with E-state index in [1.807, 2.05) is 24.9 Å². The van der Waals surface area contributed by atoms with Gasteiger partial charge in [-0.1, -0.05) is 0 Å². The highest BCUT2D eigenvalue weighted by Crippen LogP contribution is 2.22. The van der Waals surface area contributed by atoms with Crippen LogP contribution in [0.15, 0.2) is 12.3 Å². The van der Waals surface area contributed by atoms with Crippen molar-refractivity contribution in [1.29, 1.82) is 0 Å². The Kier molecular flexibility index (Phi) is 3.44. The lowest BCUT2D eigenvalue weighted by molar-refractivity contribution is -0.145. The summed E-state index contributed by atoms with van der Waals surface area (Å²) in [6.07, 6.45) is 1.74. The molecular formula is C11H18N4O2. The van der Waals surface area contributed by atoms with E-state index in [1.54, 1.807) is 10.9 Å². The molecule has 1 saturated heterocycles. The van der Waals surface area contributed by atoms with E-state index in [9.17, 15) is 9.90 Å². The van der Waals surface area contributed by atoms with Crippen LogP contribution < -0.4 is 5.32 Å². The van der Waals surface area contributed by atoms with Gasteiger partial charge in [0.15, 0.2) is 0 Å². The Balaban J connectivity index is 2.19. The normalized spacial score (nSPS) is 23.5. The molecule has 1 aromatic rings. The first kappa shape index (κ1) is 12.1. The fourth-order valence-corrected chi connectivity index (χ4v) is 2.38. The van der Waals surface area contributed by atoms with Crippen LogP contribution in [0.5, 0.6) is 0 Å². The predicted molar refractivity (Wildman–Crippen MR) is 62.6 cm³/mol. The Morgan fingerprint density at radius 3 is 3.06 bits per heavy atom. The summed E-state index contributed by atoms with van der Waals surface area (Å²) in [6, 6.07) is 1.53.